The summed E-state index contributed by atoms with van der Waals surface area (Å²) in [6.07, 6.45) is 5.61. The molecule has 0 radical (unpaired) electrons. The van der Waals surface area contributed by atoms with Gasteiger partial charge >= 0.3 is 5.97 Å². The van der Waals surface area contributed by atoms with Crippen molar-refractivity contribution in [1.82, 2.24) is 19.7 Å². The van der Waals surface area contributed by atoms with Gasteiger partial charge in [0.15, 0.2) is 5.82 Å². The van der Waals surface area contributed by atoms with Crippen LogP contribution in [0.15, 0.2) is 42.5 Å². The van der Waals surface area contributed by atoms with Crippen molar-refractivity contribution in [1.29, 1.82) is 0 Å². The molecule has 0 saturated carbocycles. The maximum atomic E-state index is 12.2. The highest BCUT2D eigenvalue weighted by atomic mass is 32.1. The Bertz CT molecular complexity index is 2110. The van der Waals surface area contributed by atoms with E-state index in [9.17, 15) is 9.90 Å². The normalized spacial score (nSPS) is 20.2. The summed E-state index contributed by atoms with van der Waals surface area (Å²) in [6.45, 7) is 17.4. The fraction of sp³-hybridized carbons (Fsp3) is 0.523. The number of fused-ring (bicyclic) bond motifs is 7. The minimum Gasteiger partial charge on any atom is -0.493 e. The van der Waals surface area contributed by atoms with Crippen LogP contribution >= 0.6 is 11.3 Å². The van der Waals surface area contributed by atoms with Crippen LogP contribution in [-0.4, -0.2) is 80.8 Å². The number of carboxylic acid groups (broad SMARTS) is 1. The monoisotopic (exact) mass is 753 g/mol. The van der Waals surface area contributed by atoms with Gasteiger partial charge in [-0.05, 0) is 124 Å². The molecule has 1 fully saturated rings. The lowest BCUT2D eigenvalue weighted by molar-refractivity contribution is -0.136. The van der Waals surface area contributed by atoms with Crippen molar-refractivity contribution in [2.45, 2.75) is 105 Å². The van der Waals surface area contributed by atoms with Crippen LogP contribution in [0.4, 0.5) is 5.82 Å². The molecule has 54 heavy (non-hydrogen) atoms. The smallest absolute Gasteiger partial charge is 0.307 e. The molecule has 0 amide bonds. The van der Waals surface area contributed by atoms with Crippen LogP contribution in [0.25, 0.3) is 42.8 Å². The van der Waals surface area contributed by atoms with E-state index in [-0.39, 0.29) is 6.42 Å². The number of ether oxygens (including phenoxy) is 1. The number of hydrogen-bond acceptors (Lipinski definition) is 8. The van der Waals surface area contributed by atoms with Crippen LogP contribution in [0.1, 0.15) is 96.3 Å². The Balaban J connectivity index is 0.000000659. The molecule has 2 N–H and O–H groups in total. The van der Waals surface area contributed by atoms with Crippen LogP contribution in [-0.2, 0) is 18.3 Å². The van der Waals surface area contributed by atoms with Gasteiger partial charge in [0.1, 0.15) is 10.8 Å². The largest absolute Gasteiger partial charge is 0.493 e. The highest BCUT2D eigenvalue weighted by Crippen LogP contribution is 2.45. The number of carbonyl (C=O) groups is 1. The van der Waals surface area contributed by atoms with E-state index < -0.39 is 11.6 Å². The maximum Gasteiger partial charge on any atom is 0.307 e. The topological polar surface area (TPSA) is 104 Å². The molecule has 6 bridgehead atoms. The maximum absolute atomic E-state index is 12.2. The molecule has 8 rings (SSSR count). The first-order valence-corrected chi connectivity index (χ1v) is 20.6. The second kappa shape index (κ2) is 16.4. The van der Waals surface area contributed by atoms with Crippen LogP contribution in [0.2, 0.25) is 0 Å². The van der Waals surface area contributed by atoms with Crippen molar-refractivity contribution >= 4 is 44.2 Å². The predicted molar refractivity (Wildman–Crippen MR) is 223 cm³/mol. The molecule has 5 heterocycles. The minimum absolute atomic E-state index is 0.0313. The molecular weight excluding hydrogens is 695 g/mol. The van der Waals surface area contributed by atoms with Gasteiger partial charge in [0, 0.05) is 49.2 Å². The Morgan fingerprint density at radius 1 is 1.02 bits per heavy atom. The molecule has 9 nitrogen and oxygen atoms in total. The molecule has 2 aromatic heterocycles. The number of likely N-dealkylation sites (N-methyl/N-ethyl adjacent to an activating group) is 1. The van der Waals surface area contributed by atoms with E-state index in [2.05, 4.69) is 66.2 Å². The number of anilines is 1. The van der Waals surface area contributed by atoms with E-state index in [0.717, 1.165) is 111 Å². The summed E-state index contributed by atoms with van der Waals surface area (Å²) in [5, 5.41) is 25.7. The molecule has 5 aromatic rings. The Kier molecular flexibility index (Phi) is 12.1. The number of hydrogen-bond donors (Lipinski definition) is 2. The number of aromatic nitrogens is 3. The Morgan fingerprint density at radius 3 is 2.50 bits per heavy atom. The van der Waals surface area contributed by atoms with Crippen LogP contribution in [0.3, 0.4) is 0 Å². The Labute approximate surface area is 325 Å². The standard InChI is InChI=1S/C38H43N5O3S.C4H10O.C2H6/c1-22-6-5-7-24-12-15-46-33-11-9-25(18-29(24)33)35-28(20-34(44)45)23(2)17-31-36(35)47-38(39-31)26-8-10-32-30(19-26)37(40-42(32)4)43-14-13-41(3)21-27(43)16-22;1-4(2,3)5;1-2/h8-11,17-19,22,24,27H,5-7,12-16,20-21H2,1-4H3,(H,44,45);5H,1-3H3;1-2H3. The van der Waals surface area contributed by atoms with Crippen molar-refractivity contribution in [3.05, 3.63) is 59.2 Å². The molecule has 290 valence electrons. The molecular formula is C44H59N5O4S. The fourth-order valence-corrected chi connectivity index (χ4v) is 9.48. The number of piperazine rings is 1. The average molecular weight is 754 g/mol. The van der Waals surface area contributed by atoms with Gasteiger partial charge in [0.2, 0.25) is 0 Å². The van der Waals surface area contributed by atoms with Crippen molar-refractivity contribution in [2.24, 2.45) is 13.0 Å². The fourth-order valence-electron chi connectivity index (χ4n) is 8.34. The zero-order valence-corrected chi connectivity index (χ0v) is 34.5. The molecule has 10 heteroatoms. The summed E-state index contributed by atoms with van der Waals surface area (Å²) in [5.74, 6) is 2.24. The van der Waals surface area contributed by atoms with Crippen molar-refractivity contribution in [3.8, 4) is 27.4 Å². The lowest BCUT2D eigenvalue weighted by Gasteiger charge is -2.41. The van der Waals surface area contributed by atoms with Gasteiger partial charge in [0.05, 0.1) is 34.4 Å². The van der Waals surface area contributed by atoms with Gasteiger partial charge in [-0.2, -0.15) is 5.10 Å². The second-order valence-corrected chi connectivity index (χ2v) is 17.3. The third-order valence-electron chi connectivity index (χ3n) is 10.8. The molecule has 3 atom stereocenters. The lowest BCUT2D eigenvalue weighted by Crippen LogP contribution is -2.52. The van der Waals surface area contributed by atoms with E-state index in [4.69, 9.17) is 19.9 Å². The van der Waals surface area contributed by atoms with E-state index in [1.54, 1.807) is 32.1 Å². The lowest BCUT2D eigenvalue weighted by atomic mass is 9.84. The molecule has 3 unspecified atom stereocenters. The Hall–Kier alpha value is -3.99. The number of aliphatic carboxylic acids is 1. The highest BCUT2D eigenvalue weighted by Gasteiger charge is 2.31. The predicted octanol–water partition coefficient (Wildman–Crippen LogP) is 9.45. The number of aliphatic hydroxyl groups is 1. The van der Waals surface area contributed by atoms with Crippen LogP contribution in [0, 0.1) is 12.8 Å². The van der Waals surface area contributed by atoms with Gasteiger partial charge in [-0.25, -0.2) is 4.98 Å². The summed E-state index contributed by atoms with van der Waals surface area (Å²) in [4.78, 5) is 22.4. The Morgan fingerprint density at radius 2 is 1.76 bits per heavy atom. The third-order valence-corrected chi connectivity index (χ3v) is 11.9. The number of nitrogens with zero attached hydrogens (tertiary/aromatic N) is 5. The average Bonchev–Trinajstić information content (AvgIpc) is 3.68. The van der Waals surface area contributed by atoms with Gasteiger partial charge in [-0.3, -0.25) is 9.48 Å². The first-order chi connectivity index (χ1) is 25.7. The molecule has 0 aliphatic carbocycles. The van der Waals surface area contributed by atoms with Crippen molar-refractivity contribution in [2.75, 3.05) is 38.2 Å². The number of aryl methyl sites for hydroxylation is 2. The second-order valence-electron chi connectivity index (χ2n) is 16.3. The zero-order chi connectivity index (χ0) is 38.9. The molecule has 0 spiro atoms. The third kappa shape index (κ3) is 8.61. The number of benzene rings is 3. The van der Waals surface area contributed by atoms with Crippen molar-refractivity contribution in [3.63, 3.8) is 0 Å². The van der Waals surface area contributed by atoms with E-state index in [0.29, 0.717) is 17.9 Å². The van der Waals surface area contributed by atoms with E-state index in [1.165, 1.54) is 18.4 Å². The van der Waals surface area contributed by atoms with Crippen LogP contribution in [0.5, 0.6) is 5.75 Å². The quantitative estimate of drug-likeness (QED) is 0.184. The summed E-state index contributed by atoms with van der Waals surface area (Å²) >= 11 is 1.66. The first-order valence-electron chi connectivity index (χ1n) is 19.8. The van der Waals surface area contributed by atoms with Gasteiger partial charge in [0.25, 0.3) is 0 Å². The minimum atomic E-state index is -0.825. The summed E-state index contributed by atoms with van der Waals surface area (Å²) in [7, 11) is 4.29. The van der Waals surface area contributed by atoms with Crippen LogP contribution < -0.4 is 9.64 Å². The van der Waals surface area contributed by atoms with E-state index >= 15 is 0 Å². The molecule has 1 saturated heterocycles. The SMILES string of the molecule is CC.CC(C)(C)O.Cc1cc2nc3sc2c(c1CC(=O)O)-c1ccc2c(c1)C(CCCC(C)CC1CN(C)CCN1c1nn(C)c4ccc-3cc14)CCO2. The molecule has 3 aliphatic rings. The summed E-state index contributed by atoms with van der Waals surface area (Å²) < 4.78 is 9.23. The van der Waals surface area contributed by atoms with Gasteiger partial charge < -0.3 is 24.7 Å². The zero-order valence-electron chi connectivity index (χ0n) is 33.7. The van der Waals surface area contributed by atoms with Gasteiger partial charge in [-0.15, -0.1) is 11.3 Å². The number of thiazole rings is 1. The van der Waals surface area contributed by atoms with Gasteiger partial charge in [-0.1, -0.05) is 39.7 Å². The first kappa shape index (κ1) is 39.7. The highest BCUT2D eigenvalue weighted by molar-refractivity contribution is 7.22. The van der Waals surface area contributed by atoms with Crippen molar-refractivity contribution < 1.29 is 19.7 Å². The molecule has 3 aliphatic heterocycles. The van der Waals surface area contributed by atoms with E-state index in [1.807, 2.05) is 32.5 Å². The number of carboxylic acids is 1. The number of rotatable bonds is 2. The molecule has 3 aromatic carbocycles. The summed E-state index contributed by atoms with van der Waals surface area (Å²) in [6, 6.07) is 15.6. The summed E-state index contributed by atoms with van der Waals surface area (Å²) in [5.41, 5.74) is 7.71.